The molecule has 28 heavy (non-hydrogen) atoms. The van der Waals surface area contributed by atoms with E-state index in [2.05, 4.69) is 42.6 Å². The molecular formula is C23H30N2O2S. The van der Waals surface area contributed by atoms with Crippen LogP contribution in [0.15, 0.2) is 53.4 Å². The molecule has 0 spiro atoms. The first-order valence-corrected chi connectivity index (χ1v) is 10.7. The summed E-state index contributed by atoms with van der Waals surface area (Å²) in [5, 5.41) is 2.83. The van der Waals surface area contributed by atoms with Gasteiger partial charge in [0.25, 0.3) is 0 Å². The SMILES string of the molecule is CCNC(=O)[C@H](C)N(Cc1cccc(C)c1)C(=O)CCSc1ccc(C)cc1. The lowest BCUT2D eigenvalue weighted by Crippen LogP contribution is -2.47. The van der Waals surface area contributed by atoms with Crippen molar-refractivity contribution in [3.63, 3.8) is 0 Å². The van der Waals surface area contributed by atoms with Gasteiger partial charge in [-0.05, 0) is 45.4 Å². The third-order valence-corrected chi connectivity index (χ3v) is 5.57. The summed E-state index contributed by atoms with van der Waals surface area (Å²) in [7, 11) is 0. The van der Waals surface area contributed by atoms with Crippen molar-refractivity contribution in [2.24, 2.45) is 0 Å². The van der Waals surface area contributed by atoms with Crippen LogP contribution < -0.4 is 5.32 Å². The third kappa shape index (κ3) is 6.71. The Labute approximate surface area is 172 Å². The Morgan fingerprint density at radius 1 is 1.07 bits per heavy atom. The Balaban J connectivity index is 2.04. The number of benzene rings is 2. The maximum Gasteiger partial charge on any atom is 0.242 e. The van der Waals surface area contributed by atoms with Crippen molar-refractivity contribution < 1.29 is 9.59 Å². The average Bonchev–Trinajstić information content (AvgIpc) is 2.67. The van der Waals surface area contributed by atoms with Crippen LogP contribution in [0.1, 0.15) is 37.0 Å². The summed E-state index contributed by atoms with van der Waals surface area (Å²) in [6, 6.07) is 15.9. The first-order valence-electron chi connectivity index (χ1n) is 9.73. The van der Waals surface area contributed by atoms with Crippen molar-refractivity contribution in [2.45, 2.75) is 51.6 Å². The van der Waals surface area contributed by atoms with Crippen molar-refractivity contribution >= 4 is 23.6 Å². The number of hydrogen-bond acceptors (Lipinski definition) is 3. The van der Waals surface area contributed by atoms with Gasteiger partial charge in [0.2, 0.25) is 11.8 Å². The predicted octanol–water partition coefficient (Wildman–Crippen LogP) is 4.34. The van der Waals surface area contributed by atoms with E-state index in [-0.39, 0.29) is 11.8 Å². The summed E-state index contributed by atoms with van der Waals surface area (Å²) in [6.07, 6.45) is 0.397. The molecule has 0 saturated heterocycles. The molecule has 150 valence electrons. The lowest BCUT2D eigenvalue weighted by atomic mass is 10.1. The number of aryl methyl sites for hydroxylation is 2. The summed E-state index contributed by atoms with van der Waals surface area (Å²) < 4.78 is 0. The lowest BCUT2D eigenvalue weighted by molar-refractivity contribution is -0.140. The van der Waals surface area contributed by atoms with Crippen LogP contribution in [0.25, 0.3) is 0 Å². The van der Waals surface area contributed by atoms with Gasteiger partial charge in [-0.1, -0.05) is 47.5 Å². The van der Waals surface area contributed by atoms with E-state index in [4.69, 9.17) is 0 Å². The zero-order chi connectivity index (χ0) is 20.5. The molecule has 2 aromatic rings. The molecule has 0 aromatic heterocycles. The van der Waals surface area contributed by atoms with Crippen molar-refractivity contribution in [3.8, 4) is 0 Å². The standard InChI is InChI=1S/C23H30N2O2S/c1-5-24-23(27)19(4)25(16-20-8-6-7-18(3)15-20)22(26)13-14-28-21-11-9-17(2)10-12-21/h6-12,15,19H,5,13-14,16H2,1-4H3,(H,24,27)/t19-/m0/s1. The molecular weight excluding hydrogens is 368 g/mol. The normalized spacial score (nSPS) is 11.7. The predicted molar refractivity (Wildman–Crippen MR) is 116 cm³/mol. The number of thioether (sulfide) groups is 1. The van der Waals surface area contributed by atoms with Crippen molar-refractivity contribution in [1.29, 1.82) is 0 Å². The number of amides is 2. The second-order valence-electron chi connectivity index (χ2n) is 6.99. The van der Waals surface area contributed by atoms with E-state index in [1.807, 2.05) is 32.0 Å². The van der Waals surface area contributed by atoms with E-state index in [1.165, 1.54) is 5.56 Å². The van der Waals surface area contributed by atoms with Crippen LogP contribution in [0, 0.1) is 13.8 Å². The highest BCUT2D eigenvalue weighted by molar-refractivity contribution is 7.99. The maximum atomic E-state index is 13.0. The molecule has 0 unspecified atom stereocenters. The highest BCUT2D eigenvalue weighted by Gasteiger charge is 2.25. The molecule has 1 N–H and O–H groups in total. The summed E-state index contributed by atoms with van der Waals surface area (Å²) in [4.78, 5) is 28.2. The van der Waals surface area contributed by atoms with Gasteiger partial charge in [0.15, 0.2) is 0 Å². The zero-order valence-electron chi connectivity index (χ0n) is 17.2. The Bertz CT molecular complexity index is 789. The number of carbonyl (C=O) groups excluding carboxylic acids is 2. The van der Waals surface area contributed by atoms with Gasteiger partial charge in [0.1, 0.15) is 6.04 Å². The summed E-state index contributed by atoms with van der Waals surface area (Å²) in [5.41, 5.74) is 3.40. The van der Waals surface area contributed by atoms with Gasteiger partial charge in [-0.3, -0.25) is 9.59 Å². The van der Waals surface area contributed by atoms with Crippen LogP contribution in [0.4, 0.5) is 0 Å². The number of nitrogens with one attached hydrogen (secondary N) is 1. The van der Waals surface area contributed by atoms with Gasteiger partial charge in [0, 0.05) is 30.2 Å². The van der Waals surface area contributed by atoms with E-state index in [9.17, 15) is 9.59 Å². The molecule has 0 fully saturated rings. The third-order valence-electron chi connectivity index (χ3n) is 4.56. The largest absolute Gasteiger partial charge is 0.355 e. The topological polar surface area (TPSA) is 49.4 Å². The molecule has 2 aromatic carbocycles. The fourth-order valence-electron chi connectivity index (χ4n) is 2.95. The Hall–Kier alpha value is -2.27. The Morgan fingerprint density at radius 2 is 1.79 bits per heavy atom. The maximum absolute atomic E-state index is 13.0. The summed E-state index contributed by atoms with van der Waals surface area (Å²) in [6.45, 7) is 8.76. The van der Waals surface area contributed by atoms with Gasteiger partial charge in [-0.15, -0.1) is 11.8 Å². The van der Waals surface area contributed by atoms with E-state index < -0.39 is 6.04 Å². The van der Waals surface area contributed by atoms with Crippen LogP contribution in [0.3, 0.4) is 0 Å². The van der Waals surface area contributed by atoms with E-state index in [1.54, 1.807) is 23.6 Å². The van der Waals surface area contributed by atoms with E-state index in [0.717, 1.165) is 16.0 Å². The second-order valence-corrected chi connectivity index (χ2v) is 8.16. The first kappa shape index (κ1) is 22.0. The molecule has 0 saturated carbocycles. The number of rotatable bonds is 9. The van der Waals surface area contributed by atoms with Gasteiger partial charge in [0.05, 0.1) is 0 Å². The molecule has 0 aliphatic heterocycles. The van der Waals surface area contributed by atoms with Crippen LogP contribution in [-0.4, -0.2) is 35.1 Å². The highest BCUT2D eigenvalue weighted by atomic mass is 32.2. The average molecular weight is 399 g/mol. The van der Waals surface area contributed by atoms with Gasteiger partial charge < -0.3 is 10.2 Å². The monoisotopic (exact) mass is 398 g/mol. The quantitative estimate of drug-likeness (QED) is 0.639. The smallest absolute Gasteiger partial charge is 0.242 e. The van der Waals surface area contributed by atoms with Crippen LogP contribution in [-0.2, 0) is 16.1 Å². The van der Waals surface area contributed by atoms with Crippen molar-refractivity contribution in [2.75, 3.05) is 12.3 Å². The van der Waals surface area contributed by atoms with E-state index >= 15 is 0 Å². The molecule has 1 atom stereocenters. The Kier molecular flexibility index (Phi) is 8.58. The molecule has 0 radical (unpaired) electrons. The van der Waals surface area contributed by atoms with Gasteiger partial charge in [-0.2, -0.15) is 0 Å². The van der Waals surface area contributed by atoms with Crippen LogP contribution in [0.2, 0.25) is 0 Å². The fraction of sp³-hybridized carbons (Fsp3) is 0.391. The van der Waals surface area contributed by atoms with E-state index in [0.29, 0.717) is 25.3 Å². The van der Waals surface area contributed by atoms with Gasteiger partial charge in [-0.25, -0.2) is 0 Å². The minimum Gasteiger partial charge on any atom is -0.355 e. The van der Waals surface area contributed by atoms with Crippen LogP contribution >= 0.6 is 11.8 Å². The number of likely N-dealkylation sites (N-methyl/N-ethyl adjacent to an activating group) is 1. The molecule has 0 aliphatic rings. The zero-order valence-corrected chi connectivity index (χ0v) is 18.0. The molecule has 0 bridgehead atoms. The highest BCUT2D eigenvalue weighted by Crippen LogP contribution is 2.20. The first-order chi connectivity index (χ1) is 13.4. The van der Waals surface area contributed by atoms with Crippen molar-refractivity contribution in [1.82, 2.24) is 10.2 Å². The number of hydrogen-bond donors (Lipinski definition) is 1. The fourth-order valence-corrected chi connectivity index (χ4v) is 3.79. The molecule has 0 heterocycles. The second kappa shape index (κ2) is 10.9. The molecule has 2 amide bonds. The molecule has 2 rings (SSSR count). The molecule has 5 heteroatoms. The minimum atomic E-state index is -0.502. The van der Waals surface area contributed by atoms with Gasteiger partial charge >= 0.3 is 0 Å². The summed E-state index contributed by atoms with van der Waals surface area (Å²) in [5.74, 6) is 0.573. The van der Waals surface area contributed by atoms with Crippen molar-refractivity contribution in [3.05, 3.63) is 65.2 Å². The number of nitrogens with zero attached hydrogens (tertiary/aromatic N) is 1. The van der Waals surface area contributed by atoms with Crippen LogP contribution in [0.5, 0.6) is 0 Å². The minimum absolute atomic E-state index is 0.000120. The number of carbonyl (C=O) groups is 2. The lowest BCUT2D eigenvalue weighted by Gasteiger charge is -2.29. The molecule has 4 nitrogen and oxygen atoms in total. The molecule has 0 aliphatic carbocycles. The summed E-state index contributed by atoms with van der Waals surface area (Å²) >= 11 is 1.67. The Morgan fingerprint density at radius 3 is 2.43 bits per heavy atom.